The Morgan fingerprint density at radius 1 is 0.750 bits per heavy atom. The first-order chi connectivity index (χ1) is 17.4. The first kappa shape index (κ1) is 24.0. The number of halogens is 1. The summed E-state index contributed by atoms with van der Waals surface area (Å²) in [5.74, 6) is -0.418. The average molecular weight is 504 g/mol. The molecule has 0 spiro atoms. The molecule has 0 bridgehead atoms. The Morgan fingerprint density at radius 2 is 1.36 bits per heavy atom. The van der Waals surface area contributed by atoms with Gasteiger partial charge in [-0.15, -0.1) is 0 Å². The number of anilines is 1. The molecule has 0 saturated carbocycles. The van der Waals surface area contributed by atoms with Crippen LogP contribution in [0.2, 0.25) is 0 Å². The van der Waals surface area contributed by atoms with E-state index in [1.807, 2.05) is 71.6 Å². The first-order valence-corrected chi connectivity index (χ1v) is 13.4. The van der Waals surface area contributed by atoms with E-state index in [1.165, 1.54) is 16.4 Å². The zero-order valence-electron chi connectivity index (χ0n) is 19.6. The zero-order chi connectivity index (χ0) is 25.1. The van der Waals surface area contributed by atoms with E-state index in [-0.39, 0.29) is 17.1 Å². The third-order valence-corrected chi connectivity index (χ3v) is 8.25. The van der Waals surface area contributed by atoms with Crippen LogP contribution >= 0.6 is 0 Å². The molecule has 3 aromatic carbocycles. The van der Waals surface area contributed by atoms with Crippen molar-refractivity contribution in [2.24, 2.45) is 0 Å². The highest BCUT2D eigenvalue weighted by Crippen LogP contribution is 2.30. The van der Waals surface area contributed by atoms with E-state index in [0.29, 0.717) is 43.0 Å². The molecule has 1 saturated heterocycles. The summed E-state index contributed by atoms with van der Waals surface area (Å²) in [7, 11) is -3.46. The van der Waals surface area contributed by atoms with Gasteiger partial charge in [-0.05, 0) is 41.5 Å². The highest BCUT2D eigenvalue weighted by molar-refractivity contribution is 7.88. The maximum absolute atomic E-state index is 13.7. The SMILES string of the molecule is O=c1c(-c2ccc(F)cc2)c(N2CCN(S(=O)(=O)Cc3ccccc3)CC2)ccn1-c1ccccc1. The smallest absolute Gasteiger partial charge is 0.265 e. The summed E-state index contributed by atoms with van der Waals surface area (Å²) in [5, 5.41) is 0. The van der Waals surface area contributed by atoms with Crippen molar-refractivity contribution in [2.75, 3.05) is 31.1 Å². The van der Waals surface area contributed by atoms with E-state index < -0.39 is 10.0 Å². The van der Waals surface area contributed by atoms with Crippen LogP contribution in [-0.2, 0) is 15.8 Å². The second-order valence-electron chi connectivity index (χ2n) is 8.72. The van der Waals surface area contributed by atoms with Crippen LogP contribution < -0.4 is 10.5 Å². The fourth-order valence-corrected chi connectivity index (χ4v) is 6.07. The lowest BCUT2D eigenvalue weighted by molar-refractivity contribution is 0.384. The predicted octanol–water partition coefficient (Wildman–Crippen LogP) is 4.30. The van der Waals surface area contributed by atoms with Crippen molar-refractivity contribution in [2.45, 2.75) is 5.75 Å². The fraction of sp³-hybridized carbons (Fsp3) is 0.179. The summed E-state index contributed by atoms with van der Waals surface area (Å²) in [4.78, 5) is 15.7. The lowest BCUT2D eigenvalue weighted by Gasteiger charge is -2.36. The normalized spacial score (nSPS) is 14.6. The summed E-state index contributed by atoms with van der Waals surface area (Å²) in [6.45, 7) is 1.52. The van der Waals surface area contributed by atoms with Crippen molar-refractivity contribution < 1.29 is 12.8 Å². The van der Waals surface area contributed by atoms with Gasteiger partial charge in [0.25, 0.3) is 5.56 Å². The van der Waals surface area contributed by atoms with E-state index in [9.17, 15) is 17.6 Å². The molecule has 0 atom stereocenters. The maximum atomic E-state index is 13.7. The molecule has 0 aliphatic carbocycles. The summed E-state index contributed by atoms with van der Waals surface area (Å²) in [6, 6.07) is 26.2. The van der Waals surface area contributed by atoms with Crippen molar-refractivity contribution in [3.63, 3.8) is 0 Å². The van der Waals surface area contributed by atoms with Gasteiger partial charge in [0.15, 0.2) is 0 Å². The number of hydrogen-bond donors (Lipinski definition) is 0. The standard InChI is InChI=1S/C28H26FN3O3S/c29-24-13-11-23(12-14-24)27-26(15-16-32(28(27)33)25-9-5-2-6-10-25)30-17-19-31(20-18-30)36(34,35)21-22-7-3-1-4-8-22/h1-16H,17-21H2. The number of hydrogen-bond acceptors (Lipinski definition) is 4. The molecule has 1 aromatic heterocycles. The van der Waals surface area contributed by atoms with E-state index in [0.717, 1.165) is 11.3 Å². The van der Waals surface area contributed by atoms with Crippen LogP contribution in [0.15, 0.2) is 102 Å². The molecule has 36 heavy (non-hydrogen) atoms. The van der Waals surface area contributed by atoms with Crippen LogP contribution in [0.3, 0.4) is 0 Å². The number of sulfonamides is 1. The van der Waals surface area contributed by atoms with Crippen LogP contribution in [0.25, 0.3) is 16.8 Å². The van der Waals surface area contributed by atoms with Gasteiger partial charge in [-0.1, -0.05) is 60.7 Å². The van der Waals surface area contributed by atoms with E-state index in [4.69, 9.17) is 0 Å². The molecule has 8 heteroatoms. The summed E-state index contributed by atoms with van der Waals surface area (Å²) < 4.78 is 42.7. The molecule has 1 aliphatic rings. The highest BCUT2D eigenvalue weighted by atomic mass is 32.2. The topological polar surface area (TPSA) is 62.6 Å². The van der Waals surface area contributed by atoms with Crippen molar-refractivity contribution in [3.05, 3.63) is 119 Å². The molecule has 4 aromatic rings. The Labute approximate surface area is 209 Å². The average Bonchev–Trinajstić information content (AvgIpc) is 2.90. The van der Waals surface area contributed by atoms with Crippen molar-refractivity contribution in [1.29, 1.82) is 0 Å². The third kappa shape index (κ3) is 4.96. The number of pyridine rings is 1. The summed E-state index contributed by atoms with van der Waals surface area (Å²) in [6.07, 6.45) is 1.73. The number of rotatable bonds is 6. The van der Waals surface area contributed by atoms with E-state index >= 15 is 0 Å². The highest BCUT2D eigenvalue weighted by Gasteiger charge is 2.29. The van der Waals surface area contributed by atoms with Crippen LogP contribution in [-0.4, -0.2) is 43.5 Å². The van der Waals surface area contributed by atoms with Crippen LogP contribution in [0, 0.1) is 5.82 Å². The number of para-hydroxylation sites is 1. The molecule has 1 fully saturated rings. The molecule has 0 amide bonds. The van der Waals surface area contributed by atoms with Gasteiger partial charge in [0.2, 0.25) is 10.0 Å². The molecule has 0 radical (unpaired) electrons. The molecule has 2 heterocycles. The van der Waals surface area contributed by atoms with Crippen molar-refractivity contribution in [3.8, 4) is 16.8 Å². The number of piperazine rings is 1. The van der Waals surface area contributed by atoms with Gasteiger partial charge < -0.3 is 4.90 Å². The summed E-state index contributed by atoms with van der Waals surface area (Å²) in [5.41, 5.74) is 3.04. The van der Waals surface area contributed by atoms with Gasteiger partial charge in [0, 0.05) is 38.1 Å². The van der Waals surface area contributed by atoms with E-state index in [1.54, 1.807) is 22.9 Å². The maximum Gasteiger partial charge on any atom is 0.265 e. The Morgan fingerprint density at radius 3 is 2.00 bits per heavy atom. The third-order valence-electron chi connectivity index (χ3n) is 6.40. The van der Waals surface area contributed by atoms with Gasteiger partial charge in [-0.2, -0.15) is 4.31 Å². The number of aromatic nitrogens is 1. The molecular weight excluding hydrogens is 477 g/mol. The Balaban J connectivity index is 1.45. The minimum Gasteiger partial charge on any atom is -0.368 e. The predicted molar refractivity (Wildman–Crippen MR) is 140 cm³/mol. The Hall–Kier alpha value is -3.75. The van der Waals surface area contributed by atoms with Gasteiger partial charge in [-0.25, -0.2) is 12.8 Å². The van der Waals surface area contributed by atoms with Crippen LogP contribution in [0.5, 0.6) is 0 Å². The largest absolute Gasteiger partial charge is 0.368 e. The van der Waals surface area contributed by atoms with Crippen molar-refractivity contribution >= 4 is 15.7 Å². The lowest BCUT2D eigenvalue weighted by Crippen LogP contribution is -2.49. The van der Waals surface area contributed by atoms with E-state index in [2.05, 4.69) is 0 Å². The molecule has 5 rings (SSSR count). The van der Waals surface area contributed by atoms with Crippen LogP contribution in [0.1, 0.15) is 5.56 Å². The minimum absolute atomic E-state index is 0.0399. The second kappa shape index (κ2) is 10.1. The molecular formula is C28H26FN3O3S. The number of nitrogens with zero attached hydrogens (tertiary/aromatic N) is 3. The zero-order valence-corrected chi connectivity index (χ0v) is 20.4. The molecule has 1 aliphatic heterocycles. The summed E-state index contributed by atoms with van der Waals surface area (Å²) >= 11 is 0. The molecule has 0 N–H and O–H groups in total. The Bertz CT molecular complexity index is 1500. The second-order valence-corrected chi connectivity index (χ2v) is 10.7. The fourth-order valence-electron chi connectivity index (χ4n) is 4.55. The monoisotopic (exact) mass is 503 g/mol. The van der Waals surface area contributed by atoms with Crippen LogP contribution in [0.4, 0.5) is 10.1 Å². The van der Waals surface area contributed by atoms with Gasteiger partial charge >= 0.3 is 0 Å². The molecule has 6 nitrogen and oxygen atoms in total. The molecule has 184 valence electrons. The number of benzene rings is 3. The van der Waals surface area contributed by atoms with Crippen molar-refractivity contribution in [1.82, 2.24) is 8.87 Å². The molecule has 0 unspecified atom stereocenters. The van der Waals surface area contributed by atoms with Gasteiger partial charge in [-0.3, -0.25) is 9.36 Å². The minimum atomic E-state index is -3.46. The lowest BCUT2D eigenvalue weighted by atomic mass is 10.0. The first-order valence-electron chi connectivity index (χ1n) is 11.8. The van der Waals surface area contributed by atoms with Gasteiger partial charge in [0.05, 0.1) is 17.0 Å². The Kier molecular flexibility index (Phi) is 6.71. The van der Waals surface area contributed by atoms with Gasteiger partial charge in [0.1, 0.15) is 5.82 Å². The quantitative estimate of drug-likeness (QED) is 0.394.